The Morgan fingerprint density at radius 1 is 1.27 bits per heavy atom. The molecule has 166 valence electrons. The van der Waals surface area contributed by atoms with Crippen LogP contribution in [0.4, 0.5) is 0 Å². The zero-order chi connectivity index (χ0) is 22.6. The van der Waals surface area contributed by atoms with Gasteiger partial charge in [-0.1, -0.05) is 0 Å². The van der Waals surface area contributed by atoms with E-state index in [9.17, 15) is 24.0 Å². The lowest BCUT2D eigenvalue weighted by atomic mass is 10.1. The van der Waals surface area contributed by atoms with Crippen LogP contribution in [0.2, 0.25) is 0 Å². The van der Waals surface area contributed by atoms with Gasteiger partial charge in [-0.05, 0) is 27.2 Å². The summed E-state index contributed by atoms with van der Waals surface area (Å²) < 4.78 is 18.3. The summed E-state index contributed by atoms with van der Waals surface area (Å²) in [6, 6.07) is 0.145. The first kappa shape index (κ1) is 24.1. The number of H-pyrrole nitrogens is 1. The largest absolute Gasteiger partial charge is 0.374 e. The van der Waals surface area contributed by atoms with Crippen LogP contribution in [0.25, 0.3) is 0 Å². The van der Waals surface area contributed by atoms with Gasteiger partial charge < -0.3 is 19.3 Å². The standard InChI is InChI=1S/C18H26N3O8P/c1-9(22)8-11(10(2)23)19-16(25)14-13(29-30(4)5)15(27-3)17(28-14)21-7-6-12(24)20-18(21)26/h6-7,11,13-15,17H,8H2,1-5H3,(H,19,25)(H,20,24,26)/t11-,13?,14+,15+,17-/m1/s1. The third-order valence-corrected chi connectivity index (χ3v) is 5.14. The fourth-order valence-electron chi connectivity index (χ4n) is 3.15. The Hall–Kier alpha value is -2.20. The average molecular weight is 443 g/mol. The molecule has 5 atom stereocenters. The maximum atomic E-state index is 12.9. The molecule has 2 heterocycles. The van der Waals surface area contributed by atoms with E-state index < -0.39 is 55.9 Å². The Kier molecular flexibility index (Phi) is 8.19. The topological polar surface area (TPSA) is 146 Å². The van der Waals surface area contributed by atoms with Gasteiger partial charge in [0.25, 0.3) is 11.5 Å². The number of aromatic amines is 1. The lowest BCUT2D eigenvalue weighted by Gasteiger charge is -2.25. The number of nitrogens with one attached hydrogen (secondary N) is 2. The highest BCUT2D eigenvalue weighted by atomic mass is 31.1. The Morgan fingerprint density at radius 2 is 1.93 bits per heavy atom. The van der Waals surface area contributed by atoms with Gasteiger partial charge >= 0.3 is 5.69 Å². The van der Waals surface area contributed by atoms with E-state index in [-0.39, 0.29) is 18.0 Å². The van der Waals surface area contributed by atoms with Crippen molar-refractivity contribution in [3.63, 3.8) is 0 Å². The Labute approximate surface area is 173 Å². The van der Waals surface area contributed by atoms with Crippen molar-refractivity contribution < 1.29 is 28.4 Å². The van der Waals surface area contributed by atoms with Gasteiger partial charge in [0.15, 0.2) is 18.1 Å². The molecule has 1 saturated heterocycles. The van der Waals surface area contributed by atoms with Gasteiger partial charge in [-0.2, -0.15) is 0 Å². The van der Waals surface area contributed by atoms with E-state index >= 15 is 0 Å². The van der Waals surface area contributed by atoms with E-state index in [0.29, 0.717) is 0 Å². The summed E-state index contributed by atoms with van der Waals surface area (Å²) in [6.45, 7) is 6.24. The molecule has 1 unspecified atom stereocenters. The van der Waals surface area contributed by atoms with Crippen LogP contribution in [-0.2, 0) is 28.4 Å². The van der Waals surface area contributed by atoms with Crippen LogP contribution in [0.3, 0.4) is 0 Å². The molecule has 0 radical (unpaired) electrons. The molecular formula is C18H26N3O8P. The molecule has 11 nitrogen and oxygen atoms in total. The second-order valence-corrected chi connectivity index (χ2v) is 8.96. The normalized spacial score (nSPS) is 24.6. The van der Waals surface area contributed by atoms with E-state index in [0.717, 1.165) is 10.6 Å². The number of rotatable bonds is 9. The molecule has 2 rings (SSSR count). The summed E-state index contributed by atoms with van der Waals surface area (Å²) in [5.41, 5.74) is -1.31. The van der Waals surface area contributed by atoms with Crippen LogP contribution in [-0.4, -0.2) is 71.8 Å². The maximum Gasteiger partial charge on any atom is 0.330 e. The summed E-state index contributed by atoms with van der Waals surface area (Å²) in [5.74, 6) is -1.30. The van der Waals surface area contributed by atoms with Crippen molar-refractivity contribution in [2.24, 2.45) is 0 Å². The predicted octanol–water partition coefficient (Wildman–Crippen LogP) is -0.456. The number of carbonyl (C=O) groups excluding carboxylic acids is 3. The molecule has 0 aromatic carbocycles. The number of amides is 1. The summed E-state index contributed by atoms with van der Waals surface area (Å²) in [6.07, 6.45) is -2.91. The summed E-state index contributed by atoms with van der Waals surface area (Å²) in [5, 5.41) is 2.53. The van der Waals surface area contributed by atoms with Gasteiger partial charge in [0, 0.05) is 33.9 Å². The van der Waals surface area contributed by atoms with Crippen LogP contribution in [0.5, 0.6) is 0 Å². The number of methoxy groups -OCH3 is 1. The summed E-state index contributed by atoms with van der Waals surface area (Å²) in [7, 11) is 0.436. The van der Waals surface area contributed by atoms with Crippen molar-refractivity contribution in [1.29, 1.82) is 0 Å². The molecule has 12 heteroatoms. The monoisotopic (exact) mass is 443 g/mol. The highest BCUT2D eigenvalue weighted by molar-refractivity contribution is 7.50. The smallest absolute Gasteiger partial charge is 0.330 e. The third kappa shape index (κ3) is 5.69. The fraction of sp³-hybridized carbons (Fsp3) is 0.611. The number of Topliss-reactive ketones (excluding diaryl/α,β-unsaturated/α-hetero) is 2. The molecule has 0 aliphatic carbocycles. The Bertz CT molecular complexity index is 911. The van der Waals surface area contributed by atoms with E-state index in [2.05, 4.69) is 10.3 Å². The molecule has 1 aliphatic rings. The van der Waals surface area contributed by atoms with Gasteiger partial charge in [-0.15, -0.1) is 0 Å². The molecule has 2 N–H and O–H groups in total. The van der Waals surface area contributed by atoms with Gasteiger partial charge in [0.2, 0.25) is 0 Å². The number of ether oxygens (including phenoxy) is 2. The first-order valence-electron chi connectivity index (χ1n) is 9.19. The van der Waals surface area contributed by atoms with Crippen LogP contribution in [0, 0.1) is 0 Å². The van der Waals surface area contributed by atoms with E-state index in [1.54, 1.807) is 0 Å². The first-order valence-corrected chi connectivity index (χ1v) is 11.3. The molecule has 1 aromatic heterocycles. The van der Waals surface area contributed by atoms with E-state index in [1.165, 1.54) is 27.2 Å². The molecule has 0 spiro atoms. The van der Waals surface area contributed by atoms with Crippen LogP contribution in [0.15, 0.2) is 21.9 Å². The highest BCUT2D eigenvalue weighted by Gasteiger charge is 2.51. The molecule has 1 amide bonds. The van der Waals surface area contributed by atoms with Gasteiger partial charge in [-0.25, -0.2) is 4.79 Å². The highest BCUT2D eigenvalue weighted by Crippen LogP contribution is 2.40. The zero-order valence-corrected chi connectivity index (χ0v) is 18.3. The van der Waals surface area contributed by atoms with Crippen molar-refractivity contribution in [2.45, 2.75) is 50.8 Å². The minimum atomic E-state index is -1.21. The minimum absolute atomic E-state index is 0.149. The number of ketones is 2. The zero-order valence-electron chi connectivity index (χ0n) is 17.4. The predicted molar refractivity (Wildman–Crippen MR) is 108 cm³/mol. The average Bonchev–Trinajstić information content (AvgIpc) is 2.98. The number of hydrogen-bond acceptors (Lipinski definition) is 8. The van der Waals surface area contributed by atoms with E-state index in [4.69, 9.17) is 14.0 Å². The molecule has 0 bridgehead atoms. The van der Waals surface area contributed by atoms with Gasteiger partial charge in [0.1, 0.15) is 18.0 Å². The Balaban J connectivity index is 2.37. The molecule has 1 aromatic rings. The number of aromatic nitrogens is 2. The summed E-state index contributed by atoms with van der Waals surface area (Å²) in [4.78, 5) is 61.9. The van der Waals surface area contributed by atoms with Crippen molar-refractivity contribution >= 4 is 25.6 Å². The second-order valence-electron chi connectivity index (χ2n) is 7.13. The van der Waals surface area contributed by atoms with Crippen LogP contribution < -0.4 is 16.6 Å². The van der Waals surface area contributed by atoms with Gasteiger partial charge in [0.05, 0.1) is 6.04 Å². The van der Waals surface area contributed by atoms with Crippen molar-refractivity contribution in [3.05, 3.63) is 33.1 Å². The maximum absolute atomic E-state index is 12.9. The second kappa shape index (κ2) is 10.2. The number of nitrogens with zero attached hydrogens (tertiary/aromatic N) is 1. The first-order chi connectivity index (χ1) is 14.0. The van der Waals surface area contributed by atoms with Crippen molar-refractivity contribution in [3.8, 4) is 0 Å². The molecule has 1 aliphatic heterocycles. The number of hydrogen-bond donors (Lipinski definition) is 2. The lowest BCUT2D eigenvalue weighted by molar-refractivity contribution is -0.140. The van der Waals surface area contributed by atoms with Crippen LogP contribution >= 0.6 is 8.15 Å². The SMILES string of the molecule is CO[C@H]1C(OP(C)C)[C@@H](C(=O)N[C@H](CC(C)=O)C(C)=O)O[C@H]1n1ccc(=O)[nH]c1=O. The van der Waals surface area contributed by atoms with Gasteiger partial charge in [-0.3, -0.25) is 28.7 Å². The summed E-state index contributed by atoms with van der Waals surface area (Å²) >= 11 is 0. The van der Waals surface area contributed by atoms with E-state index in [1.807, 2.05) is 13.3 Å². The third-order valence-electron chi connectivity index (χ3n) is 4.48. The Morgan fingerprint density at radius 3 is 2.43 bits per heavy atom. The number of carbonyl (C=O) groups is 3. The molecule has 0 saturated carbocycles. The fourth-order valence-corrected chi connectivity index (χ4v) is 3.87. The van der Waals surface area contributed by atoms with Crippen molar-refractivity contribution in [1.82, 2.24) is 14.9 Å². The minimum Gasteiger partial charge on any atom is -0.374 e. The molecule has 30 heavy (non-hydrogen) atoms. The molecule has 1 fully saturated rings. The molecular weight excluding hydrogens is 417 g/mol. The van der Waals surface area contributed by atoms with Crippen LogP contribution in [0.1, 0.15) is 26.5 Å². The lowest BCUT2D eigenvalue weighted by Crippen LogP contribution is -2.49. The quantitative estimate of drug-likeness (QED) is 0.488. The van der Waals surface area contributed by atoms with Crippen molar-refractivity contribution in [2.75, 3.05) is 20.4 Å².